The van der Waals surface area contributed by atoms with Gasteiger partial charge in [-0.1, -0.05) is 29.8 Å². The number of nitriles is 1. The highest BCUT2D eigenvalue weighted by atomic mass is 35.5. The first kappa shape index (κ1) is 15.0. The van der Waals surface area contributed by atoms with Crippen molar-refractivity contribution in [1.82, 2.24) is 0 Å². The third-order valence-corrected chi connectivity index (χ3v) is 3.24. The van der Waals surface area contributed by atoms with Crippen molar-refractivity contribution in [3.63, 3.8) is 0 Å². The number of nitrogens with one attached hydrogen (secondary N) is 1. The van der Waals surface area contributed by atoms with Crippen LogP contribution in [-0.2, 0) is 0 Å². The summed E-state index contributed by atoms with van der Waals surface area (Å²) in [6.07, 6.45) is 0. The Morgan fingerprint density at radius 3 is 2.52 bits per heavy atom. The summed E-state index contributed by atoms with van der Waals surface area (Å²) in [5.41, 5.74) is 1.47. The summed E-state index contributed by atoms with van der Waals surface area (Å²) in [5.74, 6) is 1.13. The number of methoxy groups -OCH3 is 2. The molecule has 0 radical (unpaired) electrons. The Morgan fingerprint density at radius 2 is 1.90 bits per heavy atom. The molecule has 1 N–H and O–H groups in total. The molecule has 0 saturated carbocycles. The second-order valence-electron chi connectivity index (χ2n) is 4.30. The van der Waals surface area contributed by atoms with Gasteiger partial charge in [0.05, 0.1) is 20.3 Å². The number of para-hydroxylation sites is 1. The lowest BCUT2D eigenvalue weighted by atomic mass is 10.1. The summed E-state index contributed by atoms with van der Waals surface area (Å²) in [4.78, 5) is 0. The molecule has 108 valence electrons. The van der Waals surface area contributed by atoms with E-state index in [1.54, 1.807) is 32.4 Å². The highest BCUT2D eigenvalue weighted by Crippen LogP contribution is 2.35. The molecule has 0 spiro atoms. The molecule has 1 unspecified atom stereocenters. The third kappa shape index (κ3) is 3.39. The molecule has 4 nitrogen and oxygen atoms in total. The number of benzene rings is 2. The largest absolute Gasteiger partial charge is 0.493 e. The van der Waals surface area contributed by atoms with Crippen LogP contribution in [0.25, 0.3) is 0 Å². The van der Waals surface area contributed by atoms with Gasteiger partial charge in [-0.05, 0) is 24.3 Å². The molecule has 0 fully saturated rings. The molecule has 5 heteroatoms. The zero-order chi connectivity index (χ0) is 15.2. The Labute approximate surface area is 128 Å². The summed E-state index contributed by atoms with van der Waals surface area (Å²) in [7, 11) is 3.11. The molecule has 1 atom stereocenters. The van der Waals surface area contributed by atoms with Gasteiger partial charge in [0.15, 0.2) is 11.5 Å². The van der Waals surface area contributed by atoms with Crippen LogP contribution < -0.4 is 14.8 Å². The van der Waals surface area contributed by atoms with Gasteiger partial charge in [-0.25, -0.2) is 0 Å². The van der Waals surface area contributed by atoms with E-state index in [-0.39, 0.29) is 0 Å². The van der Waals surface area contributed by atoms with Gasteiger partial charge in [0, 0.05) is 16.3 Å². The molecule has 0 heterocycles. The lowest BCUT2D eigenvalue weighted by Gasteiger charge is -2.18. The Bertz CT molecular complexity index is 668. The van der Waals surface area contributed by atoms with E-state index in [1.807, 2.05) is 24.3 Å². The SMILES string of the molecule is COc1cccc(C(C#N)Nc2cccc(Cl)c2)c1OC. The van der Waals surface area contributed by atoms with Crippen molar-refractivity contribution in [1.29, 1.82) is 5.26 Å². The summed E-state index contributed by atoms with van der Waals surface area (Å²) in [6, 6.07) is 14.3. The quantitative estimate of drug-likeness (QED) is 0.906. The van der Waals surface area contributed by atoms with E-state index in [1.165, 1.54) is 0 Å². The average Bonchev–Trinajstić information content (AvgIpc) is 2.51. The van der Waals surface area contributed by atoms with E-state index >= 15 is 0 Å². The van der Waals surface area contributed by atoms with Gasteiger partial charge in [0.25, 0.3) is 0 Å². The van der Waals surface area contributed by atoms with E-state index in [9.17, 15) is 5.26 Å². The monoisotopic (exact) mass is 302 g/mol. The fourth-order valence-corrected chi connectivity index (χ4v) is 2.25. The van der Waals surface area contributed by atoms with Crippen LogP contribution in [0.4, 0.5) is 5.69 Å². The molecule has 2 aromatic rings. The summed E-state index contributed by atoms with van der Waals surface area (Å²) < 4.78 is 10.6. The number of halogens is 1. The van der Waals surface area contributed by atoms with E-state index in [0.717, 1.165) is 5.69 Å². The van der Waals surface area contributed by atoms with E-state index in [2.05, 4.69) is 11.4 Å². The molecule has 21 heavy (non-hydrogen) atoms. The predicted octanol–water partition coefficient (Wildman–Crippen LogP) is 4.03. The van der Waals surface area contributed by atoms with Gasteiger partial charge in [0.1, 0.15) is 6.04 Å². The minimum atomic E-state index is -0.575. The predicted molar refractivity (Wildman–Crippen MR) is 83.0 cm³/mol. The molecule has 2 aromatic carbocycles. The van der Waals surface area contributed by atoms with Gasteiger partial charge in [-0.15, -0.1) is 0 Å². The van der Waals surface area contributed by atoms with Gasteiger partial charge >= 0.3 is 0 Å². The Hall–Kier alpha value is -2.38. The molecule has 0 aliphatic carbocycles. The van der Waals surface area contributed by atoms with Gasteiger partial charge in [-0.3, -0.25) is 0 Å². The molecule has 0 bridgehead atoms. The molecule has 0 saturated heterocycles. The van der Waals surface area contributed by atoms with Crippen LogP contribution in [0.1, 0.15) is 11.6 Å². The first-order valence-electron chi connectivity index (χ1n) is 6.32. The fourth-order valence-electron chi connectivity index (χ4n) is 2.06. The molecule has 0 amide bonds. The van der Waals surface area contributed by atoms with Crippen LogP contribution in [0, 0.1) is 11.3 Å². The Morgan fingerprint density at radius 1 is 1.14 bits per heavy atom. The third-order valence-electron chi connectivity index (χ3n) is 3.01. The number of anilines is 1. The van der Waals surface area contributed by atoms with Crippen molar-refractivity contribution in [3.05, 3.63) is 53.1 Å². The summed E-state index contributed by atoms with van der Waals surface area (Å²) >= 11 is 5.96. The minimum Gasteiger partial charge on any atom is -0.493 e. The molecule has 0 aromatic heterocycles. The minimum absolute atomic E-state index is 0.543. The van der Waals surface area contributed by atoms with Gasteiger partial charge in [0.2, 0.25) is 0 Å². The zero-order valence-corrected chi connectivity index (χ0v) is 12.5. The van der Waals surface area contributed by atoms with E-state index < -0.39 is 6.04 Å². The molecule has 0 aliphatic rings. The smallest absolute Gasteiger partial charge is 0.167 e. The highest BCUT2D eigenvalue weighted by Gasteiger charge is 2.18. The molecular weight excluding hydrogens is 288 g/mol. The number of nitrogens with zero attached hydrogens (tertiary/aromatic N) is 1. The lowest BCUT2D eigenvalue weighted by Crippen LogP contribution is -2.10. The molecule has 2 rings (SSSR count). The Kier molecular flexibility index (Phi) is 4.91. The maximum Gasteiger partial charge on any atom is 0.167 e. The van der Waals surface area contributed by atoms with Crippen LogP contribution in [0.2, 0.25) is 5.02 Å². The topological polar surface area (TPSA) is 54.3 Å². The van der Waals surface area contributed by atoms with Crippen molar-refractivity contribution in [2.75, 3.05) is 19.5 Å². The van der Waals surface area contributed by atoms with Crippen LogP contribution in [0.5, 0.6) is 11.5 Å². The summed E-state index contributed by atoms with van der Waals surface area (Å²) in [6.45, 7) is 0. The second kappa shape index (κ2) is 6.87. The maximum atomic E-state index is 9.45. The second-order valence-corrected chi connectivity index (χ2v) is 4.74. The number of hydrogen-bond acceptors (Lipinski definition) is 4. The average molecular weight is 303 g/mol. The number of hydrogen-bond donors (Lipinski definition) is 1. The standard InChI is InChI=1S/C16H15ClN2O2/c1-20-15-8-4-7-13(16(15)21-2)14(10-18)19-12-6-3-5-11(17)9-12/h3-9,14,19H,1-2H3. The first-order chi connectivity index (χ1) is 10.2. The van der Waals surface area contributed by atoms with Gasteiger partial charge in [-0.2, -0.15) is 5.26 Å². The highest BCUT2D eigenvalue weighted by molar-refractivity contribution is 6.30. The molecular formula is C16H15ClN2O2. The zero-order valence-electron chi connectivity index (χ0n) is 11.8. The van der Waals surface area contributed by atoms with Gasteiger partial charge < -0.3 is 14.8 Å². The van der Waals surface area contributed by atoms with Crippen molar-refractivity contribution in [3.8, 4) is 17.6 Å². The van der Waals surface area contributed by atoms with Crippen molar-refractivity contribution in [2.24, 2.45) is 0 Å². The molecule has 0 aliphatic heterocycles. The normalized spacial score (nSPS) is 11.3. The van der Waals surface area contributed by atoms with Crippen LogP contribution in [-0.4, -0.2) is 14.2 Å². The van der Waals surface area contributed by atoms with E-state index in [4.69, 9.17) is 21.1 Å². The van der Waals surface area contributed by atoms with Crippen LogP contribution in [0.15, 0.2) is 42.5 Å². The van der Waals surface area contributed by atoms with E-state index in [0.29, 0.717) is 22.1 Å². The number of rotatable bonds is 5. The van der Waals surface area contributed by atoms with Crippen LogP contribution in [0.3, 0.4) is 0 Å². The van der Waals surface area contributed by atoms with Crippen molar-refractivity contribution < 1.29 is 9.47 Å². The summed E-state index contributed by atoms with van der Waals surface area (Å²) in [5, 5.41) is 13.2. The fraction of sp³-hybridized carbons (Fsp3) is 0.188. The van der Waals surface area contributed by atoms with Crippen molar-refractivity contribution >= 4 is 17.3 Å². The van der Waals surface area contributed by atoms with Crippen LogP contribution >= 0.6 is 11.6 Å². The van der Waals surface area contributed by atoms with Crippen molar-refractivity contribution in [2.45, 2.75) is 6.04 Å². The number of ether oxygens (including phenoxy) is 2. The Balaban J connectivity index is 2.36. The first-order valence-corrected chi connectivity index (χ1v) is 6.70. The maximum absolute atomic E-state index is 9.45. The lowest BCUT2D eigenvalue weighted by molar-refractivity contribution is 0.351.